The minimum Gasteiger partial charge on any atom is -0.370 e. The van der Waals surface area contributed by atoms with Crippen LogP contribution in [0, 0.1) is 0 Å². The second-order valence-corrected chi connectivity index (χ2v) is 7.73. The van der Waals surface area contributed by atoms with Crippen LogP contribution < -0.4 is 10.0 Å². The normalized spacial score (nSPS) is 26.9. The van der Waals surface area contributed by atoms with Gasteiger partial charge in [-0.05, 0) is 25.7 Å². The first kappa shape index (κ1) is 15.2. The molecular formula is C13H26N2O3S. The maximum Gasteiger partial charge on any atom is 0.208 e. The van der Waals surface area contributed by atoms with Crippen molar-refractivity contribution in [1.82, 2.24) is 10.0 Å². The molecule has 1 aliphatic heterocycles. The van der Waals surface area contributed by atoms with Gasteiger partial charge in [-0.1, -0.05) is 19.3 Å². The summed E-state index contributed by atoms with van der Waals surface area (Å²) in [5.74, 6) is 0. The summed E-state index contributed by atoms with van der Waals surface area (Å²) in [7, 11) is -3.07. The van der Waals surface area contributed by atoms with Crippen LogP contribution in [0.5, 0.6) is 0 Å². The van der Waals surface area contributed by atoms with E-state index in [-0.39, 0.29) is 5.60 Å². The van der Waals surface area contributed by atoms with Crippen LogP contribution in [0.1, 0.15) is 44.9 Å². The Kier molecular flexibility index (Phi) is 5.22. The van der Waals surface area contributed by atoms with Crippen LogP contribution in [0.3, 0.4) is 0 Å². The van der Waals surface area contributed by atoms with E-state index in [1.165, 1.54) is 44.8 Å². The van der Waals surface area contributed by atoms with Gasteiger partial charge in [-0.3, -0.25) is 0 Å². The van der Waals surface area contributed by atoms with Crippen molar-refractivity contribution in [3.05, 3.63) is 0 Å². The van der Waals surface area contributed by atoms with E-state index in [0.717, 1.165) is 13.0 Å². The first-order valence-corrected chi connectivity index (χ1v) is 9.21. The maximum absolute atomic E-state index is 10.9. The molecule has 0 bridgehead atoms. The number of ether oxygens (including phenoxy) is 1. The van der Waals surface area contributed by atoms with E-state index in [1.54, 1.807) is 0 Å². The molecule has 6 heteroatoms. The number of rotatable bonds is 6. The third kappa shape index (κ3) is 5.02. The van der Waals surface area contributed by atoms with Crippen LogP contribution in [-0.4, -0.2) is 46.0 Å². The first-order valence-electron chi connectivity index (χ1n) is 7.32. The molecule has 112 valence electrons. The Bertz CT molecular complexity index is 377. The summed E-state index contributed by atoms with van der Waals surface area (Å²) in [6.07, 6.45) is 10.2. The molecule has 0 aromatic rings. The molecule has 1 aliphatic carbocycles. The average molecular weight is 290 g/mol. The average Bonchev–Trinajstić information content (AvgIpc) is 2.71. The molecule has 0 aromatic carbocycles. The summed E-state index contributed by atoms with van der Waals surface area (Å²) in [5, 5.41) is 3.27. The molecule has 0 amide bonds. The molecule has 0 aromatic heterocycles. The smallest absolute Gasteiger partial charge is 0.208 e. The quantitative estimate of drug-likeness (QED) is 0.716. The zero-order valence-electron chi connectivity index (χ0n) is 11.8. The molecule has 5 nitrogen and oxygen atoms in total. The van der Waals surface area contributed by atoms with Crippen molar-refractivity contribution in [1.29, 1.82) is 0 Å². The summed E-state index contributed by atoms with van der Waals surface area (Å²) < 4.78 is 30.5. The molecule has 1 saturated carbocycles. The second kappa shape index (κ2) is 6.52. The molecule has 2 rings (SSSR count). The fourth-order valence-corrected chi connectivity index (χ4v) is 3.66. The van der Waals surface area contributed by atoms with Gasteiger partial charge in [0, 0.05) is 19.6 Å². The lowest BCUT2D eigenvalue weighted by molar-refractivity contribution is -0.0622. The van der Waals surface area contributed by atoms with Gasteiger partial charge in [-0.25, -0.2) is 13.1 Å². The molecule has 2 N–H and O–H groups in total. The largest absolute Gasteiger partial charge is 0.370 e. The van der Waals surface area contributed by atoms with Crippen LogP contribution in [-0.2, 0) is 14.8 Å². The van der Waals surface area contributed by atoms with Gasteiger partial charge in [0.15, 0.2) is 0 Å². The van der Waals surface area contributed by atoms with Crippen molar-refractivity contribution in [3.63, 3.8) is 0 Å². The number of hydrogen-bond acceptors (Lipinski definition) is 4. The van der Waals surface area contributed by atoms with Crippen LogP contribution in [0.15, 0.2) is 0 Å². The molecule has 1 heterocycles. The van der Waals surface area contributed by atoms with Gasteiger partial charge in [-0.15, -0.1) is 0 Å². The highest BCUT2D eigenvalue weighted by molar-refractivity contribution is 7.88. The van der Waals surface area contributed by atoms with Crippen molar-refractivity contribution in [2.75, 3.05) is 25.9 Å². The van der Waals surface area contributed by atoms with Gasteiger partial charge in [0.25, 0.3) is 0 Å². The Morgan fingerprint density at radius 1 is 1.16 bits per heavy atom. The van der Waals surface area contributed by atoms with E-state index in [1.807, 2.05) is 0 Å². The Hall–Kier alpha value is -0.170. The molecule has 2 fully saturated rings. The summed E-state index contributed by atoms with van der Waals surface area (Å²) in [4.78, 5) is 0. The zero-order valence-corrected chi connectivity index (χ0v) is 12.6. The van der Waals surface area contributed by atoms with Crippen molar-refractivity contribution in [2.24, 2.45) is 0 Å². The fraction of sp³-hybridized carbons (Fsp3) is 1.00. The minimum absolute atomic E-state index is 0.176. The lowest BCUT2D eigenvalue weighted by atomic mass is 9.83. The Balaban J connectivity index is 1.60. The lowest BCUT2D eigenvalue weighted by Gasteiger charge is -2.33. The highest BCUT2D eigenvalue weighted by Gasteiger charge is 2.40. The maximum atomic E-state index is 10.9. The van der Waals surface area contributed by atoms with Gasteiger partial charge in [-0.2, -0.15) is 0 Å². The Labute approximate surface area is 116 Å². The van der Waals surface area contributed by atoms with Crippen LogP contribution in [0.25, 0.3) is 0 Å². The van der Waals surface area contributed by atoms with E-state index < -0.39 is 10.0 Å². The lowest BCUT2D eigenvalue weighted by Crippen LogP contribution is -2.37. The van der Waals surface area contributed by atoms with Crippen molar-refractivity contribution < 1.29 is 13.2 Å². The number of sulfonamides is 1. The zero-order chi connectivity index (χ0) is 13.8. The van der Waals surface area contributed by atoms with Crippen LogP contribution in [0.2, 0.25) is 0 Å². The number of nitrogens with one attached hydrogen (secondary N) is 2. The Morgan fingerprint density at radius 2 is 1.89 bits per heavy atom. The molecule has 2 aliphatic rings. The van der Waals surface area contributed by atoms with Gasteiger partial charge < -0.3 is 10.1 Å². The van der Waals surface area contributed by atoms with E-state index >= 15 is 0 Å². The van der Waals surface area contributed by atoms with Crippen molar-refractivity contribution in [3.8, 4) is 0 Å². The highest BCUT2D eigenvalue weighted by atomic mass is 32.2. The standard InChI is InChI=1S/C13H26N2O3S/c1-19(16,17)15-10-9-14-11-12-5-8-13(18-12)6-3-2-4-7-13/h12,14-15H,2-11H2,1H3. The van der Waals surface area contributed by atoms with Crippen LogP contribution >= 0.6 is 0 Å². The van der Waals surface area contributed by atoms with E-state index in [0.29, 0.717) is 19.2 Å². The van der Waals surface area contributed by atoms with Gasteiger partial charge >= 0.3 is 0 Å². The van der Waals surface area contributed by atoms with Crippen LogP contribution in [0.4, 0.5) is 0 Å². The van der Waals surface area contributed by atoms with E-state index in [4.69, 9.17) is 4.74 Å². The summed E-state index contributed by atoms with van der Waals surface area (Å²) in [5.41, 5.74) is 0.176. The van der Waals surface area contributed by atoms with E-state index in [9.17, 15) is 8.42 Å². The molecule has 19 heavy (non-hydrogen) atoms. The summed E-state index contributed by atoms with van der Waals surface area (Å²) >= 11 is 0. The number of hydrogen-bond donors (Lipinski definition) is 2. The molecule has 1 atom stereocenters. The molecule has 1 unspecified atom stereocenters. The Morgan fingerprint density at radius 3 is 2.58 bits per heavy atom. The molecule has 1 saturated heterocycles. The predicted molar refractivity (Wildman–Crippen MR) is 75.6 cm³/mol. The second-order valence-electron chi connectivity index (χ2n) is 5.89. The molecule has 0 radical (unpaired) electrons. The van der Waals surface area contributed by atoms with Gasteiger partial charge in [0.05, 0.1) is 18.0 Å². The van der Waals surface area contributed by atoms with Crippen molar-refractivity contribution >= 4 is 10.0 Å². The highest BCUT2D eigenvalue weighted by Crippen LogP contribution is 2.41. The van der Waals surface area contributed by atoms with E-state index in [2.05, 4.69) is 10.0 Å². The van der Waals surface area contributed by atoms with Gasteiger partial charge in [0.2, 0.25) is 10.0 Å². The monoisotopic (exact) mass is 290 g/mol. The minimum atomic E-state index is -3.07. The third-order valence-corrected chi connectivity index (χ3v) is 4.87. The summed E-state index contributed by atoms with van der Waals surface area (Å²) in [6, 6.07) is 0. The summed E-state index contributed by atoms with van der Waals surface area (Å²) in [6.45, 7) is 1.92. The molecule has 1 spiro atoms. The molecular weight excluding hydrogens is 264 g/mol. The predicted octanol–water partition coefficient (Wildman–Crippen LogP) is 1.01. The van der Waals surface area contributed by atoms with Crippen molar-refractivity contribution in [2.45, 2.75) is 56.7 Å². The SMILES string of the molecule is CS(=O)(=O)NCCNCC1CCC2(CCCCC2)O1. The van der Waals surface area contributed by atoms with Gasteiger partial charge in [0.1, 0.15) is 0 Å². The topological polar surface area (TPSA) is 67.4 Å². The first-order chi connectivity index (χ1) is 8.99. The third-order valence-electron chi connectivity index (χ3n) is 4.14. The fourth-order valence-electron chi connectivity index (χ4n) is 3.19.